The summed E-state index contributed by atoms with van der Waals surface area (Å²) < 4.78 is 0. The lowest BCUT2D eigenvalue weighted by molar-refractivity contribution is -0.122. The first-order valence-electron chi connectivity index (χ1n) is 10.2. The van der Waals surface area contributed by atoms with E-state index in [2.05, 4.69) is 30.6 Å². The number of nitriles is 1. The van der Waals surface area contributed by atoms with Crippen LogP contribution in [-0.4, -0.2) is 18.5 Å². The fraction of sp³-hybridized carbons (Fsp3) is 0.810. The molecule has 4 fully saturated rings. The van der Waals surface area contributed by atoms with Crippen LogP contribution in [0.1, 0.15) is 71.6 Å². The second-order valence-electron chi connectivity index (χ2n) is 8.81. The van der Waals surface area contributed by atoms with Gasteiger partial charge in [0.1, 0.15) is 11.6 Å². The Bertz CT molecular complexity index is 525. The number of hydrogen-bond donors (Lipinski definition) is 2. The van der Waals surface area contributed by atoms with E-state index >= 15 is 0 Å². The second-order valence-corrected chi connectivity index (χ2v) is 8.81. The number of carbonyl (C=O) groups is 1. The number of hydrogen-bond acceptors (Lipinski definition) is 3. The van der Waals surface area contributed by atoms with Crippen LogP contribution in [0.2, 0.25) is 0 Å². The van der Waals surface area contributed by atoms with Crippen LogP contribution in [0, 0.1) is 34.5 Å². The minimum absolute atomic E-state index is 0.158. The molecule has 1 unspecified atom stereocenters. The molecule has 4 bridgehead atoms. The number of nitrogens with one attached hydrogen (secondary N) is 2. The Kier molecular flexibility index (Phi) is 5.71. The highest BCUT2D eigenvalue weighted by Gasteiger charge is 2.53. The van der Waals surface area contributed by atoms with Gasteiger partial charge in [-0.15, -0.1) is 0 Å². The fourth-order valence-electron chi connectivity index (χ4n) is 5.94. The molecule has 4 aliphatic rings. The van der Waals surface area contributed by atoms with Gasteiger partial charge in [0.2, 0.25) is 0 Å². The molecule has 138 valence electrons. The number of unbranched alkanes of at least 4 members (excludes halogenated alkanes) is 2. The van der Waals surface area contributed by atoms with Gasteiger partial charge in [0.15, 0.2) is 0 Å². The molecule has 4 aliphatic carbocycles. The average Bonchev–Trinajstić information content (AvgIpc) is 2.56. The second kappa shape index (κ2) is 7.81. The Labute approximate surface area is 152 Å². The van der Waals surface area contributed by atoms with Gasteiger partial charge < -0.3 is 10.6 Å². The van der Waals surface area contributed by atoms with Crippen LogP contribution in [0.5, 0.6) is 0 Å². The van der Waals surface area contributed by atoms with Gasteiger partial charge in [0.05, 0.1) is 0 Å². The summed E-state index contributed by atoms with van der Waals surface area (Å²) in [6.07, 6.45) is 13.0. The molecule has 2 N–H and O–H groups in total. The van der Waals surface area contributed by atoms with Crippen molar-refractivity contribution in [2.75, 3.05) is 6.54 Å². The summed E-state index contributed by atoms with van der Waals surface area (Å²) in [7, 11) is 0. The minimum Gasteiger partial charge on any atom is -0.390 e. The molecule has 1 amide bonds. The predicted octanol–water partition coefficient (Wildman–Crippen LogP) is 3.89. The molecule has 4 nitrogen and oxygen atoms in total. The minimum atomic E-state index is -0.214. The molecule has 0 aromatic heterocycles. The first-order valence-corrected chi connectivity index (χ1v) is 10.2. The van der Waals surface area contributed by atoms with Crippen molar-refractivity contribution in [3.8, 4) is 6.07 Å². The molecule has 1 atom stereocenters. The van der Waals surface area contributed by atoms with Crippen molar-refractivity contribution < 1.29 is 4.79 Å². The van der Waals surface area contributed by atoms with Gasteiger partial charge in [-0.1, -0.05) is 19.8 Å². The first kappa shape index (κ1) is 18.3. The first-order chi connectivity index (χ1) is 12.1. The summed E-state index contributed by atoms with van der Waals surface area (Å²) in [6, 6.07) is 2.22. The van der Waals surface area contributed by atoms with E-state index in [0.717, 1.165) is 37.1 Å². The highest BCUT2D eigenvalue weighted by atomic mass is 16.1. The van der Waals surface area contributed by atoms with Crippen LogP contribution in [0.4, 0.5) is 0 Å². The molecule has 0 radical (unpaired) electrons. The summed E-state index contributed by atoms with van der Waals surface area (Å²) in [5.41, 5.74) is 0.479. The Morgan fingerprint density at radius 2 is 1.80 bits per heavy atom. The maximum atomic E-state index is 12.6. The summed E-state index contributed by atoms with van der Waals surface area (Å²) in [4.78, 5) is 12.6. The standard InChI is InChI=1S/C21H33N3O/c1-3-4-5-6-23-14-19(13-22)20(25)24-15(2)21-10-16-7-17(11-21)9-18(8-16)12-21/h14-18,23H,3-12H2,1-2H3,(H,24,25)/b19-14-. The van der Waals surface area contributed by atoms with E-state index in [9.17, 15) is 10.1 Å². The summed E-state index contributed by atoms with van der Waals surface area (Å²) in [5.74, 6) is 2.40. The number of nitrogens with zero attached hydrogens (tertiary/aromatic N) is 1. The van der Waals surface area contributed by atoms with E-state index < -0.39 is 0 Å². The summed E-state index contributed by atoms with van der Waals surface area (Å²) >= 11 is 0. The van der Waals surface area contributed by atoms with Crippen molar-refractivity contribution >= 4 is 5.91 Å². The third-order valence-electron chi connectivity index (χ3n) is 6.89. The highest BCUT2D eigenvalue weighted by Crippen LogP contribution is 2.61. The van der Waals surface area contributed by atoms with Crippen molar-refractivity contribution in [1.29, 1.82) is 5.26 Å². The smallest absolute Gasteiger partial charge is 0.263 e. The largest absolute Gasteiger partial charge is 0.390 e. The van der Waals surface area contributed by atoms with E-state index in [1.807, 2.05) is 0 Å². The SMILES string of the molecule is CCCCCN/C=C(/C#N)C(=O)NC(C)C12CC3CC(CC(C3)C1)C2. The molecule has 4 rings (SSSR count). The number of rotatable bonds is 8. The normalized spacial score (nSPS) is 34.4. The van der Waals surface area contributed by atoms with Gasteiger partial charge in [-0.2, -0.15) is 5.26 Å². The maximum Gasteiger partial charge on any atom is 0.263 e. The molecule has 0 spiro atoms. The molecular weight excluding hydrogens is 310 g/mol. The van der Waals surface area contributed by atoms with Crippen molar-refractivity contribution in [2.24, 2.45) is 23.2 Å². The quantitative estimate of drug-likeness (QED) is 0.399. The Hall–Kier alpha value is -1.50. The number of amides is 1. The van der Waals surface area contributed by atoms with Gasteiger partial charge in [-0.3, -0.25) is 4.79 Å². The maximum absolute atomic E-state index is 12.6. The molecule has 0 aromatic carbocycles. The van der Waals surface area contributed by atoms with Crippen molar-refractivity contribution in [1.82, 2.24) is 10.6 Å². The summed E-state index contributed by atoms with van der Waals surface area (Å²) in [5, 5.41) is 15.6. The van der Waals surface area contributed by atoms with Gasteiger partial charge in [0.25, 0.3) is 5.91 Å². The molecule has 4 heteroatoms. The number of carbonyl (C=O) groups excluding carboxylic acids is 1. The van der Waals surface area contributed by atoms with E-state index in [0.29, 0.717) is 0 Å². The van der Waals surface area contributed by atoms with Crippen LogP contribution in [0.15, 0.2) is 11.8 Å². The van der Waals surface area contributed by atoms with Gasteiger partial charge in [-0.25, -0.2) is 0 Å². The lowest BCUT2D eigenvalue weighted by Crippen LogP contribution is -2.56. The van der Waals surface area contributed by atoms with E-state index in [-0.39, 0.29) is 22.9 Å². The third-order valence-corrected chi connectivity index (χ3v) is 6.89. The van der Waals surface area contributed by atoms with Crippen LogP contribution in [0.3, 0.4) is 0 Å². The Morgan fingerprint density at radius 1 is 1.20 bits per heavy atom. The Balaban J connectivity index is 1.56. The van der Waals surface area contributed by atoms with Gasteiger partial charge in [0, 0.05) is 18.8 Å². The monoisotopic (exact) mass is 343 g/mol. The van der Waals surface area contributed by atoms with Crippen LogP contribution >= 0.6 is 0 Å². The Morgan fingerprint density at radius 3 is 2.32 bits per heavy atom. The van der Waals surface area contributed by atoms with E-state index in [1.54, 1.807) is 6.20 Å². The predicted molar refractivity (Wildman–Crippen MR) is 99.4 cm³/mol. The van der Waals surface area contributed by atoms with E-state index in [4.69, 9.17) is 0 Å². The van der Waals surface area contributed by atoms with Crippen molar-refractivity contribution in [3.63, 3.8) is 0 Å². The molecule has 0 aliphatic heterocycles. The van der Waals surface area contributed by atoms with Crippen molar-refractivity contribution in [2.45, 2.75) is 77.7 Å². The molecule has 0 saturated heterocycles. The molecular formula is C21H33N3O. The van der Waals surface area contributed by atoms with E-state index in [1.165, 1.54) is 44.9 Å². The van der Waals surface area contributed by atoms with Crippen LogP contribution < -0.4 is 10.6 Å². The van der Waals surface area contributed by atoms with Crippen molar-refractivity contribution in [3.05, 3.63) is 11.8 Å². The zero-order chi connectivity index (χ0) is 17.9. The molecule has 0 heterocycles. The zero-order valence-electron chi connectivity index (χ0n) is 15.8. The lowest BCUT2D eigenvalue weighted by atomic mass is 9.48. The topological polar surface area (TPSA) is 64.9 Å². The zero-order valence-corrected chi connectivity index (χ0v) is 15.8. The lowest BCUT2D eigenvalue weighted by Gasteiger charge is -2.59. The van der Waals surface area contributed by atoms with Crippen LogP contribution in [-0.2, 0) is 4.79 Å². The molecule has 0 aromatic rings. The average molecular weight is 344 g/mol. The third kappa shape index (κ3) is 4.02. The highest BCUT2D eigenvalue weighted by molar-refractivity contribution is 5.97. The van der Waals surface area contributed by atoms with Gasteiger partial charge >= 0.3 is 0 Å². The van der Waals surface area contributed by atoms with Crippen LogP contribution in [0.25, 0.3) is 0 Å². The molecule has 4 saturated carbocycles. The van der Waals surface area contributed by atoms with Gasteiger partial charge in [-0.05, 0) is 75.0 Å². The fourth-order valence-corrected chi connectivity index (χ4v) is 5.94. The summed E-state index contributed by atoms with van der Waals surface area (Å²) in [6.45, 7) is 5.14. The molecule has 25 heavy (non-hydrogen) atoms.